The minimum absolute atomic E-state index is 0.0969. The van der Waals surface area contributed by atoms with E-state index in [1.54, 1.807) is 55.6 Å². The van der Waals surface area contributed by atoms with Gasteiger partial charge in [0, 0.05) is 16.3 Å². The van der Waals surface area contributed by atoms with Gasteiger partial charge in [0.2, 0.25) is 5.91 Å². The minimum atomic E-state index is -0.306. The number of ether oxygens (including phenoxy) is 1. The maximum atomic E-state index is 12.1. The molecule has 0 fully saturated rings. The van der Waals surface area contributed by atoms with Crippen molar-refractivity contribution in [1.29, 1.82) is 0 Å². The molecule has 0 aliphatic heterocycles. The number of hydrogen-bond acceptors (Lipinski definition) is 5. The molecular formula is C20H18N2O4S. The van der Waals surface area contributed by atoms with Crippen LogP contribution < -0.4 is 15.4 Å². The highest BCUT2D eigenvalue weighted by atomic mass is 32.2. The molecule has 0 saturated heterocycles. The van der Waals surface area contributed by atoms with Gasteiger partial charge in [0.15, 0.2) is 5.76 Å². The molecule has 1 heterocycles. The van der Waals surface area contributed by atoms with Crippen LogP contribution in [0.3, 0.4) is 0 Å². The average Bonchev–Trinajstić information content (AvgIpc) is 3.23. The molecule has 2 amide bonds. The van der Waals surface area contributed by atoms with E-state index >= 15 is 0 Å². The third kappa shape index (κ3) is 5.39. The van der Waals surface area contributed by atoms with Crippen LogP contribution in [0.25, 0.3) is 0 Å². The molecule has 0 bridgehead atoms. The van der Waals surface area contributed by atoms with Gasteiger partial charge in [-0.05, 0) is 60.7 Å². The first kappa shape index (κ1) is 18.6. The fraction of sp³-hybridized carbons (Fsp3) is 0.100. The molecule has 138 valence electrons. The van der Waals surface area contributed by atoms with Crippen LogP contribution in [-0.2, 0) is 4.79 Å². The van der Waals surface area contributed by atoms with Gasteiger partial charge in [-0.1, -0.05) is 0 Å². The highest BCUT2D eigenvalue weighted by molar-refractivity contribution is 8.00. The Bertz CT molecular complexity index is 891. The van der Waals surface area contributed by atoms with Crippen LogP contribution in [-0.4, -0.2) is 24.7 Å². The van der Waals surface area contributed by atoms with Gasteiger partial charge in [-0.2, -0.15) is 0 Å². The number of thioether (sulfide) groups is 1. The second-order valence-corrected chi connectivity index (χ2v) is 6.57. The van der Waals surface area contributed by atoms with Crippen molar-refractivity contribution in [3.63, 3.8) is 0 Å². The average molecular weight is 382 g/mol. The Morgan fingerprint density at radius 3 is 2.26 bits per heavy atom. The highest BCUT2D eigenvalue weighted by Gasteiger charge is 2.09. The molecule has 0 aliphatic carbocycles. The van der Waals surface area contributed by atoms with E-state index in [2.05, 4.69) is 10.6 Å². The third-order valence-corrected chi connectivity index (χ3v) is 4.61. The molecule has 0 radical (unpaired) electrons. The van der Waals surface area contributed by atoms with Crippen molar-refractivity contribution in [3.05, 3.63) is 72.7 Å². The van der Waals surface area contributed by atoms with Gasteiger partial charge in [-0.3, -0.25) is 9.59 Å². The van der Waals surface area contributed by atoms with E-state index in [1.807, 2.05) is 12.1 Å². The lowest BCUT2D eigenvalue weighted by Crippen LogP contribution is -2.13. The molecule has 2 aromatic carbocycles. The van der Waals surface area contributed by atoms with Crippen LogP contribution in [0.15, 0.2) is 76.2 Å². The number of benzene rings is 2. The Labute approximate surface area is 160 Å². The minimum Gasteiger partial charge on any atom is -0.497 e. The van der Waals surface area contributed by atoms with Gasteiger partial charge in [0.1, 0.15) is 5.75 Å². The maximum Gasteiger partial charge on any atom is 0.291 e. The Kier molecular flexibility index (Phi) is 6.17. The molecule has 27 heavy (non-hydrogen) atoms. The zero-order chi connectivity index (χ0) is 19.1. The van der Waals surface area contributed by atoms with Crippen molar-refractivity contribution in [2.45, 2.75) is 4.90 Å². The second kappa shape index (κ2) is 8.95. The zero-order valence-corrected chi connectivity index (χ0v) is 15.4. The van der Waals surface area contributed by atoms with Gasteiger partial charge < -0.3 is 19.8 Å². The first-order valence-corrected chi connectivity index (χ1v) is 9.14. The summed E-state index contributed by atoms with van der Waals surface area (Å²) in [6.45, 7) is 0. The molecular weight excluding hydrogens is 364 g/mol. The molecule has 1 aromatic heterocycles. The monoisotopic (exact) mass is 382 g/mol. The van der Waals surface area contributed by atoms with Crippen LogP contribution >= 0.6 is 11.8 Å². The number of furan rings is 1. The third-order valence-electron chi connectivity index (χ3n) is 3.60. The summed E-state index contributed by atoms with van der Waals surface area (Å²) < 4.78 is 10.1. The lowest BCUT2D eigenvalue weighted by molar-refractivity contribution is -0.113. The Morgan fingerprint density at radius 2 is 1.63 bits per heavy atom. The van der Waals surface area contributed by atoms with E-state index in [9.17, 15) is 9.59 Å². The summed E-state index contributed by atoms with van der Waals surface area (Å²) >= 11 is 1.41. The lowest BCUT2D eigenvalue weighted by Gasteiger charge is -2.07. The molecule has 0 saturated carbocycles. The number of hydrogen-bond donors (Lipinski definition) is 2. The largest absolute Gasteiger partial charge is 0.497 e. The molecule has 7 heteroatoms. The van der Waals surface area contributed by atoms with Crippen LogP contribution in [0.1, 0.15) is 10.6 Å². The number of rotatable bonds is 7. The van der Waals surface area contributed by atoms with Crippen molar-refractivity contribution in [1.82, 2.24) is 0 Å². The normalized spacial score (nSPS) is 10.3. The van der Waals surface area contributed by atoms with E-state index in [1.165, 1.54) is 18.0 Å². The molecule has 2 N–H and O–H groups in total. The molecule has 3 rings (SSSR count). The van der Waals surface area contributed by atoms with Crippen molar-refractivity contribution in [2.24, 2.45) is 0 Å². The van der Waals surface area contributed by atoms with Crippen LogP contribution in [0.5, 0.6) is 5.75 Å². The van der Waals surface area contributed by atoms with Crippen LogP contribution in [0.2, 0.25) is 0 Å². The van der Waals surface area contributed by atoms with Gasteiger partial charge in [0.25, 0.3) is 5.91 Å². The zero-order valence-electron chi connectivity index (χ0n) is 14.6. The number of carbonyl (C=O) groups is 2. The quantitative estimate of drug-likeness (QED) is 0.597. The molecule has 0 spiro atoms. The summed E-state index contributed by atoms with van der Waals surface area (Å²) in [5.41, 5.74) is 1.38. The molecule has 0 atom stereocenters. The molecule has 0 aliphatic rings. The Balaban J connectivity index is 1.47. The van der Waals surface area contributed by atoms with Gasteiger partial charge in [-0.25, -0.2) is 0 Å². The van der Waals surface area contributed by atoms with E-state index in [-0.39, 0.29) is 23.3 Å². The summed E-state index contributed by atoms with van der Waals surface area (Å²) in [6.07, 6.45) is 1.45. The molecule has 0 unspecified atom stereocenters. The lowest BCUT2D eigenvalue weighted by atomic mass is 10.3. The van der Waals surface area contributed by atoms with Gasteiger partial charge in [0.05, 0.1) is 19.1 Å². The van der Waals surface area contributed by atoms with E-state index in [0.717, 1.165) is 16.3 Å². The van der Waals surface area contributed by atoms with Gasteiger partial charge >= 0.3 is 0 Å². The predicted molar refractivity (Wildman–Crippen MR) is 105 cm³/mol. The number of amides is 2. The molecule has 3 aromatic rings. The van der Waals surface area contributed by atoms with Crippen molar-refractivity contribution < 1.29 is 18.7 Å². The SMILES string of the molecule is COc1ccc(NC(=O)CSc2ccc(NC(=O)c3ccco3)cc2)cc1. The second-order valence-electron chi connectivity index (χ2n) is 5.52. The smallest absolute Gasteiger partial charge is 0.291 e. The maximum absolute atomic E-state index is 12.1. The number of methoxy groups -OCH3 is 1. The van der Waals surface area contributed by atoms with E-state index < -0.39 is 0 Å². The van der Waals surface area contributed by atoms with Crippen molar-refractivity contribution >= 4 is 35.0 Å². The summed E-state index contributed by atoms with van der Waals surface area (Å²) in [5, 5.41) is 5.58. The summed E-state index contributed by atoms with van der Waals surface area (Å²) in [5.74, 6) is 0.870. The highest BCUT2D eigenvalue weighted by Crippen LogP contribution is 2.21. The van der Waals surface area contributed by atoms with Crippen molar-refractivity contribution in [3.8, 4) is 5.75 Å². The number of anilines is 2. The standard InChI is InChI=1S/C20H18N2O4S/c1-25-16-8-4-14(5-9-16)21-19(23)13-27-17-10-6-15(7-11-17)22-20(24)18-3-2-12-26-18/h2-12H,13H2,1H3,(H,21,23)(H,22,24). The molecule has 6 nitrogen and oxygen atoms in total. The first-order valence-electron chi connectivity index (χ1n) is 8.15. The van der Waals surface area contributed by atoms with Gasteiger partial charge in [-0.15, -0.1) is 11.8 Å². The van der Waals surface area contributed by atoms with Crippen molar-refractivity contribution in [2.75, 3.05) is 23.5 Å². The van der Waals surface area contributed by atoms with Crippen LogP contribution in [0, 0.1) is 0 Å². The summed E-state index contributed by atoms with van der Waals surface area (Å²) in [7, 11) is 1.60. The van der Waals surface area contributed by atoms with E-state index in [4.69, 9.17) is 9.15 Å². The predicted octanol–water partition coefficient (Wildman–Crippen LogP) is 4.27. The Hall–Kier alpha value is -3.19. The number of carbonyl (C=O) groups excluding carboxylic acids is 2. The van der Waals surface area contributed by atoms with E-state index in [0.29, 0.717) is 5.69 Å². The summed E-state index contributed by atoms with van der Waals surface area (Å²) in [6, 6.07) is 17.7. The topological polar surface area (TPSA) is 80.6 Å². The first-order chi connectivity index (χ1) is 13.1. The van der Waals surface area contributed by atoms with Crippen LogP contribution in [0.4, 0.5) is 11.4 Å². The fourth-order valence-corrected chi connectivity index (χ4v) is 2.95. The Morgan fingerprint density at radius 1 is 0.963 bits per heavy atom. The summed E-state index contributed by atoms with van der Waals surface area (Å²) in [4.78, 5) is 24.9. The fourth-order valence-electron chi connectivity index (χ4n) is 2.26. The number of nitrogens with one attached hydrogen (secondary N) is 2.